The summed E-state index contributed by atoms with van der Waals surface area (Å²) in [5.74, 6) is 1.56. The first-order valence-corrected chi connectivity index (χ1v) is 12.2. The summed E-state index contributed by atoms with van der Waals surface area (Å²) in [6.07, 6.45) is 14.9. The van der Waals surface area contributed by atoms with Crippen molar-refractivity contribution in [2.75, 3.05) is 46.3 Å². The minimum absolute atomic E-state index is 0.282. The van der Waals surface area contributed by atoms with E-state index < -0.39 is 0 Å². The van der Waals surface area contributed by atoms with Gasteiger partial charge >= 0.3 is 0 Å². The van der Waals surface area contributed by atoms with Gasteiger partial charge in [0.2, 0.25) is 5.91 Å². The molecule has 0 aromatic rings. The molecule has 29 heavy (non-hydrogen) atoms. The van der Waals surface area contributed by atoms with Gasteiger partial charge in [-0.2, -0.15) is 0 Å². The van der Waals surface area contributed by atoms with Crippen molar-refractivity contribution in [1.82, 2.24) is 20.4 Å². The molecule has 6 heteroatoms. The first-order chi connectivity index (χ1) is 14.3. The van der Waals surface area contributed by atoms with Gasteiger partial charge in [-0.15, -0.1) is 0 Å². The van der Waals surface area contributed by atoms with Gasteiger partial charge in [-0.25, -0.2) is 0 Å². The molecule has 3 fully saturated rings. The minimum Gasteiger partial charge on any atom is -0.356 e. The van der Waals surface area contributed by atoms with Crippen molar-refractivity contribution in [2.24, 2.45) is 10.9 Å². The number of unbranched alkanes of at least 4 members (excludes halogenated alkanes) is 2. The molecule has 0 spiro atoms. The van der Waals surface area contributed by atoms with Crippen LogP contribution in [0.2, 0.25) is 0 Å². The number of hydrogen-bond donors (Lipinski definition) is 2. The van der Waals surface area contributed by atoms with Crippen molar-refractivity contribution in [3.05, 3.63) is 0 Å². The van der Waals surface area contributed by atoms with Crippen molar-refractivity contribution in [3.63, 3.8) is 0 Å². The van der Waals surface area contributed by atoms with Crippen LogP contribution in [-0.4, -0.2) is 74.0 Å². The number of carbonyl (C=O) groups is 1. The van der Waals surface area contributed by atoms with Crippen LogP contribution >= 0.6 is 0 Å². The van der Waals surface area contributed by atoms with Crippen molar-refractivity contribution in [1.29, 1.82) is 0 Å². The smallest absolute Gasteiger partial charge is 0.225 e. The first kappa shape index (κ1) is 22.4. The summed E-state index contributed by atoms with van der Waals surface area (Å²) in [5, 5.41) is 7.00. The number of hydrogen-bond acceptors (Lipinski definition) is 3. The molecule has 1 unspecified atom stereocenters. The Kier molecular flexibility index (Phi) is 9.58. The Morgan fingerprint density at radius 1 is 0.931 bits per heavy atom. The van der Waals surface area contributed by atoms with E-state index >= 15 is 0 Å². The zero-order chi connectivity index (χ0) is 20.3. The van der Waals surface area contributed by atoms with E-state index in [9.17, 15) is 4.79 Å². The number of piperidine rings is 1. The summed E-state index contributed by atoms with van der Waals surface area (Å²) in [5.41, 5.74) is 0. The predicted molar refractivity (Wildman–Crippen MR) is 120 cm³/mol. The first-order valence-electron chi connectivity index (χ1n) is 12.2. The maximum atomic E-state index is 12.7. The van der Waals surface area contributed by atoms with Gasteiger partial charge in [0.25, 0.3) is 0 Å². The summed E-state index contributed by atoms with van der Waals surface area (Å²) < 4.78 is 0. The highest BCUT2D eigenvalue weighted by Gasteiger charge is 2.31. The fourth-order valence-electron chi connectivity index (χ4n) is 5.10. The van der Waals surface area contributed by atoms with Crippen LogP contribution in [0.5, 0.6) is 0 Å². The summed E-state index contributed by atoms with van der Waals surface area (Å²) >= 11 is 0. The molecule has 3 aliphatic rings. The van der Waals surface area contributed by atoms with Gasteiger partial charge in [0, 0.05) is 38.6 Å². The highest BCUT2D eigenvalue weighted by molar-refractivity contribution is 5.81. The molecular weight excluding hydrogens is 362 g/mol. The second-order valence-corrected chi connectivity index (χ2v) is 9.21. The Hall–Kier alpha value is -1.30. The topological polar surface area (TPSA) is 60.0 Å². The number of rotatable bonds is 8. The van der Waals surface area contributed by atoms with Crippen LogP contribution in [0.3, 0.4) is 0 Å². The van der Waals surface area contributed by atoms with E-state index in [1.165, 1.54) is 77.4 Å². The van der Waals surface area contributed by atoms with Gasteiger partial charge in [-0.1, -0.05) is 32.1 Å². The molecule has 0 aromatic carbocycles. The monoisotopic (exact) mass is 405 g/mol. The average Bonchev–Trinajstić information content (AvgIpc) is 3.24. The molecule has 2 N–H and O–H groups in total. The van der Waals surface area contributed by atoms with Crippen LogP contribution in [-0.2, 0) is 4.79 Å². The van der Waals surface area contributed by atoms with Crippen molar-refractivity contribution < 1.29 is 4.79 Å². The van der Waals surface area contributed by atoms with E-state index in [1.54, 1.807) is 0 Å². The van der Waals surface area contributed by atoms with E-state index in [-0.39, 0.29) is 5.92 Å². The Morgan fingerprint density at radius 2 is 1.69 bits per heavy atom. The number of nitrogens with zero attached hydrogens (tertiary/aromatic N) is 3. The number of aliphatic imine (C=N–C) groups is 1. The van der Waals surface area contributed by atoms with Crippen LogP contribution in [0.15, 0.2) is 4.99 Å². The van der Waals surface area contributed by atoms with Crippen molar-refractivity contribution in [3.8, 4) is 0 Å². The second-order valence-electron chi connectivity index (χ2n) is 9.21. The third kappa shape index (κ3) is 7.47. The third-order valence-corrected chi connectivity index (χ3v) is 6.91. The van der Waals surface area contributed by atoms with Crippen LogP contribution < -0.4 is 10.6 Å². The average molecular weight is 406 g/mol. The van der Waals surface area contributed by atoms with Gasteiger partial charge < -0.3 is 20.4 Å². The van der Waals surface area contributed by atoms with Gasteiger partial charge in [0.1, 0.15) is 0 Å². The van der Waals surface area contributed by atoms with E-state index in [4.69, 9.17) is 0 Å². The molecule has 1 aliphatic carbocycles. The predicted octanol–water partition coefficient (Wildman–Crippen LogP) is 2.99. The summed E-state index contributed by atoms with van der Waals surface area (Å²) in [6.45, 7) is 6.55. The zero-order valence-electron chi connectivity index (χ0n) is 18.6. The standard InChI is InChI=1S/C23H43N5O/c1-24-23(25-14-7-3-8-15-27-16-9-4-10-17-27)26-21-13-18-28(19-21)22(29)20-11-5-2-6-12-20/h20-21H,2-19H2,1H3,(H2,24,25,26). The summed E-state index contributed by atoms with van der Waals surface area (Å²) in [4.78, 5) is 21.8. The molecule has 0 aromatic heterocycles. The molecule has 2 aliphatic heterocycles. The number of guanidine groups is 1. The largest absolute Gasteiger partial charge is 0.356 e. The molecule has 2 heterocycles. The lowest BCUT2D eigenvalue weighted by Gasteiger charge is -2.26. The van der Waals surface area contributed by atoms with Crippen LogP contribution in [0, 0.1) is 5.92 Å². The normalized spacial score (nSPS) is 24.7. The van der Waals surface area contributed by atoms with Gasteiger partial charge in [0.15, 0.2) is 5.96 Å². The fraction of sp³-hybridized carbons (Fsp3) is 0.913. The van der Waals surface area contributed by atoms with Gasteiger partial charge in [0.05, 0.1) is 0 Å². The van der Waals surface area contributed by atoms with Crippen LogP contribution in [0.1, 0.15) is 77.0 Å². The fourth-order valence-corrected chi connectivity index (χ4v) is 5.10. The second kappa shape index (κ2) is 12.4. The molecule has 1 saturated carbocycles. The van der Waals surface area contributed by atoms with E-state index in [0.29, 0.717) is 11.9 Å². The molecule has 3 rings (SSSR count). The summed E-state index contributed by atoms with van der Waals surface area (Å²) in [6, 6.07) is 0.327. The Labute approximate surface area is 177 Å². The number of carbonyl (C=O) groups excluding carboxylic acids is 1. The molecule has 6 nitrogen and oxygen atoms in total. The minimum atomic E-state index is 0.282. The number of likely N-dealkylation sites (tertiary alicyclic amines) is 2. The molecule has 166 valence electrons. The Balaban J connectivity index is 1.26. The number of amides is 1. The van der Waals surface area contributed by atoms with Crippen molar-refractivity contribution >= 4 is 11.9 Å². The van der Waals surface area contributed by atoms with Crippen LogP contribution in [0.25, 0.3) is 0 Å². The van der Waals surface area contributed by atoms with Crippen molar-refractivity contribution in [2.45, 2.75) is 83.1 Å². The maximum Gasteiger partial charge on any atom is 0.225 e. The van der Waals surface area contributed by atoms with Gasteiger partial charge in [-0.3, -0.25) is 9.79 Å². The lowest BCUT2D eigenvalue weighted by molar-refractivity contribution is -0.135. The SMILES string of the molecule is CN=C(NCCCCCN1CCCCC1)NC1CCN(C(=O)C2CCCCC2)C1. The molecular formula is C23H43N5O. The number of nitrogens with one attached hydrogen (secondary N) is 2. The molecule has 0 radical (unpaired) electrons. The highest BCUT2D eigenvalue weighted by atomic mass is 16.2. The quantitative estimate of drug-likeness (QED) is 0.370. The Bertz CT molecular complexity index is 511. The van der Waals surface area contributed by atoms with E-state index in [0.717, 1.165) is 44.9 Å². The Morgan fingerprint density at radius 3 is 2.45 bits per heavy atom. The van der Waals surface area contributed by atoms with Gasteiger partial charge in [-0.05, 0) is 64.6 Å². The van der Waals surface area contributed by atoms with E-state index in [2.05, 4.69) is 25.4 Å². The lowest BCUT2D eigenvalue weighted by atomic mass is 9.88. The third-order valence-electron chi connectivity index (χ3n) is 6.91. The molecule has 2 saturated heterocycles. The summed E-state index contributed by atoms with van der Waals surface area (Å²) in [7, 11) is 1.84. The van der Waals surface area contributed by atoms with E-state index in [1.807, 2.05) is 7.05 Å². The highest BCUT2D eigenvalue weighted by Crippen LogP contribution is 2.26. The van der Waals surface area contributed by atoms with Crippen LogP contribution in [0.4, 0.5) is 0 Å². The molecule has 0 bridgehead atoms. The molecule has 1 amide bonds. The lowest BCUT2D eigenvalue weighted by Crippen LogP contribution is -2.45. The zero-order valence-corrected chi connectivity index (χ0v) is 18.6. The molecule has 1 atom stereocenters. The maximum absolute atomic E-state index is 12.7.